The molecule has 0 aliphatic carbocycles. The molecule has 2 aromatic rings. The number of phenolic OH excluding ortho intramolecular Hbond substituents is 1. The summed E-state index contributed by atoms with van der Waals surface area (Å²) in [5, 5.41) is 9.24. The second-order valence-electron chi connectivity index (χ2n) is 4.12. The maximum absolute atomic E-state index is 9.24. The molecule has 1 N–H and O–H groups in total. The summed E-state index contributed by atoms with van der Waals surface area (Å²) >= 11 is 3.55. The van der Waals surface area contributed by atoms with Crippen LogP contribution in [0.5, 0.6) is 5.75 Å². The van der Waals surface area contributed by atoms with Crippen LogP contribution in [0.15, 0.2) is 46.9 Å². The van der Waals surface area contributed by atoms with Gasteiger partial charge in [-0.2, -0.15) is 0 Å². The number of aromatic hydroxyl groups is 1. The molecule has 2 aromatic carbocycles. The van der Waals surface area contributed by atoms with Gasteiger partial charge in [0.15, 0.2) is 0 Å². The Morgan fingerprint density at radius 2 is 1.65 bits per heavy atom. The Kier molecular flexibility index (Phi) is 3.85. The molecule has 1 nitrogen and oxygen atoms in total. The van der Waals surface area contributed by atoms with E-state index in [4.69, 9.17) is 0 Å². The molecule has 0 aliphatic rings. The van der Waals surface area contributed by atoms with Gasteiger partial charge < -0.3 is 5.11 Å². The lowest BCUT2D eigenvalue weighted by Crippen LogP contribution is -1.91. The van der Waals surface area contributed by atoms with Crippen LogP contribution >= 0.6 is 15.9 Å². The highest BCUT2D eigenvalue weighted by atomic mass is 79.9. The Morgan fingerprint density at radius 3 is 2.29 bits per heavy atom. The van der Waals surface area contributed by atoms with Gasteiger partial charge in [0, 0.05) is 4.47 Å². The monoisotopic (exact) mass is 290 g/mol. The minimum absolute atomic E-state index is 0.318. The predicted octanol–water partition coefficient (Wildman–Crippen LogP) is 4.31. The third-order valence-corrected chi connectivity index (χ3v) is 3.61. The minimum atomic E-state index is 0.318. The van der Waals surface area contributed by atoms with Gasteiger partial charge in [-0.05, 0) is 47.7 Å². The Labute approximate surface area is 110 Å². The summed E-state index contributed by atoms with van der Waals surface area (Å²) < 4.78 is 1.18. The Bertz CT molecular complexity index is 503. The summed E-state index contributed by atoms with van der Waals surface area (Å²) in [7, 11) is 0. The largest absolute Gasteiger partial charge is 0.508 e. The van der Waals surface area contributed by atoms with Crippen LogP contribution < -0.4 is 0 Å². The van der Waals surface area contributed by atoms with Gasteiger partial charge in [-0.3, -0.25) is 0 Å². The van der Waals surface area contributed by atoms with Gasteiger partial charge in [-0.1, -0.05) is 47.1 Å². The van der Waals surface area contributed by atoms with Crippen LogP contribution in [0.3, 0.4) is 0 Å². The molecule has 0 amide bonds. The fraction of sp³-hybridized carbons (Fsp3) is 0.200. The van der Waals surface area contributed by atoms with Gasteiger partial charge in [0.25, 0.3) is 0 Å². The average molecular weight is 291 g/mol. The first-order valence-electron chi connectivity index (χ1n) is 5.74. The highest BCUT2D eigenvalue weighted by Gasteiger charge is 2.01. The summed E-state index contributed by atoms with van der Waals surface area (Å²) in [5.41, 5.74) is 3.85. The molecule has 2 heteroatoms. The first-order valence-corrected chi connectivity index (χ1v) is 6.53. The van der Waals surface area contributed by atoms with Gasteiger partial charge in [0.05, 0.1) is 0 Å². The van der Waals surface area contributed by atoms with Gasteiger partial charge in [0.2, 0.25) is 0 Å². The number of phenols is 1. The maximum Gasteiger partial charge on any atom is 0.115 e. The van der Waals surface area contributed by atoms with Crippen LogP contribution in [0.25, 0.3) is 0 Å². The molecule has 0 heterocycles. The van der Waals surface area contributed by atoms with E-state index in [1.165, 1.54) is 21.2 Å². The van der Waals surface area contributed by atoms with Crippen LogP contribution in [0.4, 0.5) is 0 Å². The summed E-state index contributed by atoms with van der Waals surface area (Å²) in [5.74, 6) is 0.318. The van der Waals surface area contributed by atoms with Crippen molar-refractivity contribution in [2.24, 2.45) is 0 Å². The molecule has 0 atom stereocenters. The number of aryl methyl sites for hydroxylation is 1. The van der Waals surface area contributed by atoms with Crippen molar-refractivity contribution in [1.82, 2.24) is 0 Å². The molecule has 2 rings (SSSR count). The van der Waals surface area contributed by atoms with Crippen molar-refractivity contribution in [2.75, 3.05) is 0 Å². The topological polar surface area (TPSA) is 20.2 Å². The fourth-order valence-electron chi connectivity index (χ4n) is 1.86. The predicted molar refractivity (Wildman–Crippen MR) is 74.4 cm³/mol. The fourth-order valence-corrected chi connectivity index (χ4v) is 2.39. The zero-order chi connectivity index (χ0) is 12.3. The van der Waals surface area contributed by atoms with Crippen LogP contribution in [0, 0.1) is 0 Å². The van der Waals surface area contributed by atoms with Crippen molar-refractivity contribution in [3.8, 4) is 5.75 Å². The molecule has 0 aliphatic heterocycles. The van der Waals surface area contributed by atoms with Crippen molar-refractivity contribution in [2.45, 2.75) is 19.8 Å². The van der Waals surface area contributed by atoms with Crippen LogP contribution in [0.2, 0.25) is 0 Å². The van der Waals surface area contributed by atoms with E-state index in [1.807, 2.05) is 12.1 Å². The summed E-state index contributed by atoms with van der Waals surface area (Å²) in [6.07, 6.45) is 1.94. The Hall–Kier alpha value is -1.28. The third-order valence-electron chi connectivity index (χ3n) is 2.84. The van der Waals surface area contributed by atoms with Crippen LogP contribution in [0.1, 0.15) is 23.6 Å². The first kappa shape index (κ1) is 12.2. The van der Waals surface area contributed by atoms with E-state index in [9.17, 15) is 5.11 Å². The van der Waals surface area contributed by atoms with E-state index < -0.39 is 0 Å². The smallest absolute Gasteiger partial charge is 0.115 e. The Balaban J connectivity index is 2.21. The summed E-state index contributed by atoms with van der Waals surface area (Å²) in [6.45, 7) is 2.16. The molecule has 0 saturated carbocycles. The minimum Gasteiger partial charge on any atom is -0.508 e. The SMILES string of the molecule is CCc1cc(Cc2ccc(O)cc2)ccc1Br. The van der Waals surface area contributed by atoms with E-state index in [0.29, 0.717) is 5.75 Å². The Morgan fingerprint density at radius 1 is 1.00 bits per heavy atom. The standard InChI is InChI=1S/C15H15BrO/c1-2-13-10-12(5-8-15(13)16)9-11-3-6-14(17)7-4-11/h3-8,10,17H,2,9H2,1H3. The molecule has 0 aromatic heterocycles. The molecule has 0 bridgehead atoms. The summed E-state index contributed by atoms with van der Waals surface area (Å²) in [6, 6.07) is 13.9. The van der Waals surface area contributed by atoms with Gasteiger partial charge in [0.1, 0.15) is 5.75 Å². The molecule has 0 radical (unpaired) electrons. The molecule has 0 spiro atoms. The zero-order valence-corrected chi connectivity index (χ0v) is 11.4. The van der Waals surface area contributed by atoms with Gasteiger partial charge in [-0.25, -0.2) is 0 Å². The zero-order valence-electron chi connectivity index (χ0n) is 9.78. The van der Waals surface area contributed by atoms with Crippen molar-refractivity contribution in [1.29, 1.82) is 0 Å². The van der Waals surface area contributed by atoms with Gasteiger partial charge >= 0.3 is 0 Å². The van der Waals surface area contributed by atoms with E-state index in [-0.39, 0.29) is 0 Å². The molecule has 0 saturated heterocycles. The lowest BCUT2D eigenvalue weighted by molar-refractivity contribution is 0.475. The van der Waals surface area contributed by atoms with Crippen molar-refractivity contribution < 1.29 is 5.11 Å². The lowest BCUT2D eigenvalue weighted by Gasteiger charge is -2.06. The van der Waals surface area contributed by atoms with Crippen molar-refractivity contribution in [3.63, 3.8) is 0 Å². The van der Waals surface area contributed by atoms with Crippen LogP contribution in [-0.2, 0) is 12.8 Å². The molecule has 0 fully saturated rings. The third kappa shape index (κ3) is 3.10. The second-order valence-corrected chi connectivity index (χ2v) is 4.98. The average Bonchev–Trinajstić information content (AvgIpc) is 2.34. The van der Waals surface area contributed by atoms with E-state index in [0.717, 1.165) is 12.8 Å². The highest BCUT2D eigenvalue weighted by molar-refractivity contribution is 9.10. The molecular weight excluding hydrogens is 276 g/mol. The first-order chi connectivity index (χ1) is 8.19. The molecular formula is C15H15BrO. The number of halogens is 1. The molecule has 88 valence electrons. The van der Waals surface area contributed by atoms with Gasteiger partial charge in [-0.15, -0.1) is 0 Å². The number of hydrogen-bond donors (Lipinski definition) is 1. The van der Waals surface area contributed by atoms with Crippen molar-refractivity contribution >= 4 is 15.9 Å². The molecule has 17 heavy (non-hydrogen) atoms. The highest BCUT2D eigenvalue weighted by Crippen LogP contribution is 2.21. The summed E-state index contributed by atoms with van der Waals surface area (Å²) in [4.78, 5) is 0. The van der Waals surface area contributed by atoms with Crippen molar-refractivity contribution in [3.05, 3.63) is 63.6 Å². The van der Waals surface area contributed by atoms with E-state index in [1.54, 1.807) is 12.1 Å². The number of rotatable bonds is 3. The van der Waals surface area contributed by atoms with E-state index >= 15 is 0 Å². The number of hydrogen-bond acceptors (Lipinski definition) is 1. The molecule has 0 unspecified atom stereocenters. The van der Waals surface area contributed by atoms with E-state index in [2.05, 4.69) is 41.1 Å². The normalized spacial score (nSPS) is 10.5. The number of benzene rings is 2. The lowest BCUT2D eigenvalue weighted by atomic mass is 10.0. The van der Waals surface area contributed by atoms with Crippen LogP contribution in [-0.4, -0.2) is 5.11 Å². The second kappa shape index (κ2) is 5.37. The quantitative estimate of drug-likeness (QED) is 0.893. The maximum atomic E-state index is 9.24.